The third-order valence-electron chi connectivity index (χ3n) is 3.11. The van der Waals surface area contributed by atoms with E-state index in [2.05, 4.69) is 11.4 Å². The van der Waals surface area contributed by atoms with Crippen molar-refractivity contribution in [1.82, 2.24) is 5.32 Å². The number of ether oxygens (including phenoxy) is 1. The summed E-state index contributed by atoms with van der Waals surface area (Å²) in [6.45, 7) is 3.66. The molecule has 3 N–H and O–H groups in total. The minimum absolute atomic E-state index is 0.0413. The first-order valence-corrected chi connectivity index (χ1v) is 5.60. The van der Waals surface area contributed by atoms with Crippen LogP contribution < -0.4 is 11.1 Å². The zero-order valence-electron chi connectivity index (χ0n) is 9.66. The normalized spacial score (nSPS) is 20.8. The van der Waals surface area contributed by atoms with Crippen LogP contribution in [0.4, 0.5) is 0 Å². The van der Waals surface area contributed by atoms with Gasteiger partial charge < -0.3 is 15.8 Å². The van der Waals surface area contributed by atoms with Gasteiger partial charge >= 0.3 is 0 Å². The molecule has 5 nitrogen and oxygen atoms in total. The van der Waals surface area contributed by atoms with E-state index < -0.39 is 5.41 Å². The Labute approximate surface area is 95.9 Å². The molecule has 1 heterocycles. The molecule has 1 atom stereocenters. The maximum Gasteiger partial charge on any atom is 0.227 e. The molecule has 0 aromatic carbocycles. The van der Waals surface area contributed by atoms with Crippen LogP contribution in [0.5, 0.6) is 0 Å². The Bertz CT molecular complexity index is 279. The molecule has 0 radical (unpaired) electrons. The van der Waals surface area contributed by atoms with Crippen molar-refractivity contribution in [3.8, 4) is 6.07 Å². The maximum atomic E-state index is 12.0. The number of hydrogen-bond donors (Lipinski definition) is 2. The van der Waals surface area contributed by atoms with Gasteiger partial charge in [-0.1, -0.05) is 0 Å². The highest BCUT2D eigenvalue weighted by Crippen LogP contribution is 2.29. The van der Waals surface area contributed by atoms with Gasteiger partial charge in [0.15, 0.2) is 0 Å². The predicted octanol–water partition coefficient (Wildman–Crippen LogP) is 0.0178. The summed E-state index contributed by atoms with van der Waals surface area (Å²) in [5, 5.41) is 11.4. The van der Waals surface area contributed by atoms with Gasteiger partial charge in [0.2, 0.25) is 5.91 Å². The molecule has 0 aromatic heterocycles. The van der Waals surface area contributed by atoms with Crippen molar-refractivity contribution in [3.05, 3.63) is 0 Å². The molecule has 0 saturated carbocycles. The molecule has 16 heavy (non-hydrogen) atoms. The Morgan fingerprint density at radius 2 is 2.25 bits per heavy atom. The standard InChI is InChI=1S/C11H19N3O2/c1-9(6-12)7-14-10(15)11(8-13)2-4-16-5-3-11/h9H,2-5,7-8,13H2,1H3,(H,14,15). The lowest BCUT2D eigenvalue weighted by Crippen LogP contribution is -2.49. The molecule has 0 aromatic rings. The van der Waals surface area contributed by atoms with Gasteiger partial charge in [0.05, 0.1) is 17.4 Å². The predicted molar refractivity (Wildman–Crippen MR) is 59.3 cm³/mol. The number of nitrogens with zero attached hydrogens (tertiary/aromatic N) is 1. The van der Waals surface area contributed by atoms with Gasteiger partial charge in [-0.3, -0.25) is 4.79 Å². The van der Waals surface area contributed by atoms with Crippen LogP contribution in [-0.2, 0) is 9.53 Å². The molecule has 0 bridgehead atoms. The van der Waals surface area contributed by atoms with Crippen molar-refractivity contribution in [2.75, 3.05) is 26.3 Å². The Kier molecular flexibility index (Phi) is 4.71. The van der Waals surface area contributed by atoms with E-state index in [1.807, 2.05) is 0 Å². The number of rotatable bonds is 4. The van der Waals surface area contributed by atoms with Gasteiger partial charge in [-0.15, -0.1) is 0 Å². The zero-order valence-corrected chi connectivity index (χ0v) is 9.66. The highest BCUT2D eigenvalue weighted by atomic mass is 16.5. The average Bonchev–Trinajstić information content (AvgIpc) is 2.36. The molecule has 0 aliphatic carbocycles. The molecule has 1 saturated heterocycles. The van der Waals surface area contributed by atoms with Crippen molar-refractivity contribution >= 4 is 5.91 Å². The van der Waals surface area contributed by atoms with Crippen molar-refractivity contribution in [2.24, 2.45) is 17.1 Å². The number of amides is 1. The highest BCUT2D eigenvalue weighted by Gasteiger charge is 2.38. The Morgan fingerprint density at radius 1 is 1.62 bits per heavy atom. The van der Waals surface area contributed by atoms with Crippen molar-refractivity contribution in [2.45, 2.75) is 19.8 Å². The summed E-state index contributed by atoms with van der Waals surface area (Å²) in [4.78, 5) is 12.0. The van der Waals surface area contributed by atoms with Gasteiger partial charge in [0.1, 0.15) is 0 Å². The Hall–Kier alpha value is -1.12. The van der Waals surface area contributed by atoms with E-state index in [1.54, 1.807) is 6.92 Å². The lowest BCUT2D eigenvalue weighted by atomic mass is 9.79. The summed E-state index contributed by atoms with van der Waals surface area (Å²) in [7, 11) is 0. The van der Waals surface area contributed by atoms with Crippen LogP contribution >= 0.6 is 0 Å². The first-order chi connectivity index (χ1) is 7.64. The van der Waals surface area contributed by atoms with Gasteiger partial charge in [0, 0.05) is 26.3 Å². The summed E-state index contributed by atoms with van der Waals surface area (Å²) in [5.41, 5.74) is 5.20. The van der Waals surface area contributed by atoms with Gasteiger partial charge in [-0.25, -0.2) is 0 Å². The zero-order chi connectivity index (χ0) is 12.0. The quantitative estimate of drug-likeness (QED) is 0.706. The van der Waals surface area contributed by atoms with E-state index in [1.165, 1.54) is 0 Å². The van der Waals surface area contributed by atoms with E-state index in [-0.39, 0.29) is 11.8 Å². The van der Waals surface area contributed by atoms with E-state index in [4.69, 9.17) is 15.7 Å². The van der Waals surface area contributed by atoms with Crippen LogP contribution in [-0.4, -0.2) is 32.2 Å². The second-order valence-corrected chi connectivity index (χ2v) is 4.34. The van der Waals surface area contributed by atoms with E-state index in [0.29, 0.717) is 39.1 Å². The largest absolute Gasteiger partial charge is 0.381 e. The average molecular weight is 225 g/mol. The van der Waals surface area contributed by atoms with E-state index in [9.17, 15) is 4.79 Å². The van der Waals surface area contributed by atoms with Crippen LogP contribution in [0.25, 0.3) is 0 Å². The molecule has 5 heteroatoms. The first kappa shape index (κ1) is 12.9. The highest BCUT2D eigenvalue weighted by molar-refractivity contribution is 5.83. The number of carbonyl (C=O) groups is 1. The lowest BCUT2D eigenvalue weighted by molar-refractivity contribution is -0.136. The van der Waals surface area contributed by atoms with Crippen LogP contribution in [0, 0.1) is 22.7 Å². The van der Waals surface area contributed by atoms with E-state index in [0.717, 1.165) is 0 Å². The molecule has 0 spiro atoms. The molecular formula is C11H19N3O2. The fourth-order valence-electron chi connectivity index (χ4n) is 1.76. The summed E-state index contributed by atoms with van der Waals surface area (Å²) in [6.07, 6.45) is 1.33. The summed E-state index contributed by atoms with van der Waals surface area (Å²) < 4.78 is 5.24. The van der Waals surface area contributed by atoms with Crippen molar-refractivity contribution in [3.63, 3.8) is 0 Å². The van der Waals surface area contributed by atoms with Crippen LogP contribution in [0.15, 0.2) is 0 Å². The van der Waals surface area contributed by atoms with Gasteiger partial charge in [-0.2, -0.15) is 5.26 Å². The second kappa shape index (κ2) is 5.83. The molecule has 1 amide bonds. The van der Waals surface area contributed by atoms with Gasteiger partial charge in [-0.05, 0) is 19.8 Å². The summed E-state index contributed by atoms with van der Waals surface area (Å²) in [6, 6.07) is 2.08. The van der Waals surface area contributed by atoms with Crippen LogP contribution in [0.2, 0.25) is 0 Å². The smallest absolute Gasteiger partial charge is 0.227 e. The lowest BCUT2D eigenvalue weighted by Gasteiger charge is -2.34. The molecule has 1 aliphatic rings. The number of carbonyl (C=O) groups excluding carboxylic acids is 1. The molecule has 1 aliphatic heterocycles. The molecule has 1 fully saturated rings. The number of nitriles is 1. The third-order valence-corrected chi connectivity index (χ3v) is 3.11. The van der Waals surface area contributed by atoms with Crippen molar-refractivity contribution in [1.29, 1.82) is 5.26 Å². The minimum atomic E-state index is -0.493. The molecule has 1 unspecified atom stereocenters. The van der Waals surface area contributed by atoms with E-state index >= 15 is 0 Å². The minimum Gasteiger partial charge on any atom is -0.381 e. The fraction of sp³-hybridized carbons (Fsp3) is 0.818. The Balaban J connectivity index is 2.52. The summed E-state index contributed by atoms with van der Waals surface area (Å²) >= 11 is 0. The Morgan fingerprint density at radius 3 is 2.75 bits per heavy atom. The fourth-order valence-corrected chi connectivity index (χ4v) is 1.76. The topological polar surface area (TPSA) is 88.1 Å². The SMILES string of the molecule is CC(C#N)CNC(=O)C1(CN)CCOCC1. The van der Waals surface area contributed by atoms with Crippen molar-refractivity contribution < 1.29 is 9.53 Å². The number of nitrogens with one attached hydrogen (secondary N) is 1. The second-order valence-electron chi connectivity index (χ2n) is 4.34. The molecule has 90 valence electrons. The maximum absolute atomic E-state index is 12.0. The van der Waals surface area contributed by atoms with Crippen LogP contribution in [0.1, 0.15) is 19.8 Å². The number of nitrogens with two attached hydrogens (primary N) is 1. The summed E-state index contributed by atoms with van der Waals surface area (Å²) in [5.74, 6) is -0.209. The monoisotopic (exact) mass is 225 g/mol. The number of hydrogen-bond acceptors (Lipinski definition) is 4. The molecule has 1 rings (SSSR count). The molecular weight excluding hydrogens is 206 g/mol. The van der Waals surface area contributed by atoms with Crippen LogP contribution in [0.3, 0.4) is 0 Å². The third kappa shape index (κ3) is 2.94. The first-order valence-electron chi connectivity index (χ1n) is 5.60. The van der Waals surface area contributed by atoms with Gasteiger partial charge in [0.25, 0.3) is 0 Å².